The van der Waals surface area contributed by atoms with Crippen molar-refractivity contribution in [2.75, 3.05) is 0 Å². The molecule has 24 heavy (non-hydrogen) atoms. The smallest absolute Gasteiger partial charge is 0.220 e. The molecule has 4 nitrogen and oxygen atoms in total. The number of Topliss-reactive ketones (excluding diaryl/α,β-unsaturated/α-hetero) is 1. The summed E-state index contributed by atoms with van der Waals surface area (Å²) in [7, 11) is 0. The van der Waals surface area contributed by atoms with Crippen molar-refractivity contribution in [1.82, 2.24) is 10.6 Å². The monoisotopic (exact) mass is 342 g/mol. The highest BCUT2D eigenvalue weighted by molar-refractivity contribution is 6.30. The first-order chi connectivity index (χ1) is 11.6. The summed E-state index contributed by atoms with van der Waals surface area (Å²) < 4.78 is 0. The lowest BCUT2D eigenvalue weighted by Crippen LogP contribution is -2.23. The van der Waals surface area contributed by atoms with Gasteiger partial charge in [0.1, 0.15) is 0 Å². The molecule has 0 aromatic heterocycles. The fourth-order valence-electron chi connectivity index (χ4n) is 2.75. The van der Waals surface area contributed by atoms with Gasteiger partial charge in [0.05, 0.1) is 0 Å². The quantitative estimate of drug-likeness (QED) is 0.792. The summed E-state index contributed by atoms with van der Waals surface area (Å²) in [5.41, 5.74) is 4.27. The standard InChI is InChI=1S/C19H19ClN2O2/c20-17-5-3-14(4-6-17)18(23)7-8-19(24)22-10-13-1-2-15-11-21-12-16(15)9-13/h1-6,9,21H,7-8,10-12H2,(H,22,24). The average Bonchev–Trinajstić information content (AvgIpc) is 3.06. The predicted molar refractivity (Wildman–Crippen MR) is 93.8 cm³/mol. The maximum atomic E-state index is 12.0. The lowest BCUT2D eigenvalue weighted by molar-refractivity contribution is -0.121. The molecule has 0 bridgehead atoms. The van der Waals surface area contributed by atoms with E-state index < -0.39 is 0 Å². The topological polar surface area (TPSA) is 58.2 Å². The summed E-state index contributed by atoms with van der Waals surface area (Å²) >= 11 is 5.80. The highest BCUT2D eigenvalue weighted by Gasteiger charge is 2.11. The van der Waals surface area contributed by atoms with Gasteiger partial charge in [0.25, 0.3) is 0 Å². The second-order valence-corrected chi connectivity index (χ2v) is 6.35. The van der Waals surface area contributed by atoms with E-state index in [-0.39, 0.29) is 24.5 Å². The van der Waals surface area contributed by atoms with Gasteiger partial charge < -0.3 is 10.6 Å². The lowest BCUT2D eigenvalue weighted by Gasteiger charge is -2.07. The van der Waals surface area contributed by atoms with Crippen LogP contribution in [0.15, 0.2) is 42.5 Å². The van der Waals surface area contributed by atoms with Crippen LogP contribution in [0, 0.1) is 0 Å². The fourth-order valence-corrected chi connectivity index (χ4v) is 2.88. The molecule has 124 valence electrons. The zero-order chi connectivity index (χ0) is 16.9. The molecule has 1 aliphatic rings. The van der Waals surface area contributed by atoms with Gasteiger partial charge in [-0.05, 0) is 41.0 Å². The van der Waals surface area contributed by atoms with Gasteiger partial charge in [-0.1, -0.05) is 29.8 Å². The van der Waals surface area contributed by atoms with E-state index >= 15 is 0 Å². The van der Waals surface area contributed by atoms with Crippen molar-refractivity contribution >= 4 is 23.3 Å². The Kier molecular flexibility index (Phi) is 5.28. The van der Waals surface area contributed by atoms with Gasteiger partial charge in [0.15, 0.2) is 5.78 Å². The number of benzene rings is 2. The van der Waals surface area contributed by atoms with Crippen molar-refractivity contribution in [1.29, 1.82) is 0 Å². The Morgan fingerprint density at radius 3 is 2.54 bits per heavy atom. The van der Waals surface area contributed by atoms with Crippen molar-refractivity contribution in [2.24, 2.45) is 0 Å². The lowest BCUT2D eigenvalue weighted by atomic mass is 10.1. The van der Waals surface area contributed by atoms with Crippen molar-refractivity contribution in [3.05, 3.63) is 69.7 Å². The van der Waals surface area contributed by atoms with Crippen LogP contribution in [0.5, 0.6) is 0 Å². The van der Waals surface area contributed by atoms with Crippen molar-refractivity contribution < 1.29 is 9.59 Å². The van der Waals surface area contributed by atoms with E-state index in [1.165, 1.54) is 11.1 Å². The van der Waals surface area contributed by atoms with Crippen LogP contribution >= 0.6 is 11.6 Å². The predicted octanol–water partition coefficient (Wildman–Crippen LogP) is 3.22. The van der Waals surface area contributed by atoms with Gasteiger partial charge in [-0.3, -0.25) is 9.59 Å². The number of nitrogens with one attached hydrogen (secondary N) is 2. The largest absolute Gasteiger partial charge is 0.352 e. The van der Waals surface area contributed by atoms with Gasteiger partial charge in [0, 0.05) is 43.1 Å². The van der Waals surface area contributed by atoms with Crippen molar-refractivity contribution in [2.45, 2.75) is 32.5 Å². The van der Waals surface area contributed by atoms with Crippen molar-refractivity contribution in [3.63, 3.8) is 0 Å². The highest BCUT2D eigenvalue weighted by atomic mass is 35.5. The molecule has 0 saturated heterocycles. The maximum Gasteiger partial charge on any atom is 0.220 e. The first kappa shape index (κ1) is 16.7. The van der Waals surface area contributed by atoms with Crippen molar-refractivity contribution in [3.8, 4) is 0 Å². The van der Waals surface area contributed by atoms with Crippen LogP contribution in [-0.4, -0.2) is 11.7 Å². The SMILES string of the molecule is O=C(CCC(=O)c1ccc(Cl)cc1)NCc1ccc2c(c1)CNC2. The average molecular weight is 343 g/mol. The first-order valence-corrected chi connectivity index (χ1v) is 8.36. The van der Waals surface area contributed by atoms with Gasteiger partial charge in [-0.25, -0.2) is 0 Å². The molecule has 2 aromatic carbocycles. The third kappa shape index (κ3) is 4.22. The maximum absolute atomic E-state index is 12.0. The van der Waals surface area contributed by atoms with Crippen LogP contribution in [0.4, 0.5) is 0 Å². The number of carbonyl (C=O) groups excluding carboxylic acids is 2. The van der Waals surface area contributed by atoms with Gasteiger partial charge in [-0.15, -0.1) is 0 Å². The van der Waals surface area contributed by atoms with Crippen LogP contribution in [-0.2, 0) is 24.4 Å². The molecule has 2 aromatic rings. The molecule has 2 N–H and O–H groups in total. The molecule has 0 spiro atoms. The Balaban J connectivity index is 1.46. The fraction of sp³-hybridized carbons (Fsp3) is 0.263. The van der Waals surface area contributed by atoms with Crippen LogP contribution in [0.2, 0.25) is 5.02 Å². The molecule has 0 aliphatic carbocycles. The number of amides is 1. The minimum atomic E-state index is -0.115. The Labute approximate surface area is 146 Å². The normalized spacial score (nSPS) is 12.7. The third-order valence-corrected chi connectivity index (χ3v) is 4.39. The number of halogens is 1. The van der Waals surface area contributed by atoms with E-state index in [0.717, 1.165) is 18.7 Å². The second kappa shape index (κ2) is 7.60. The van der Waals surface area contributed by atoms with Crippen LogP contribution in [0.25, 0.3) is 0 Å². The summed E-state index contributed by atoms with van der Waals surface area (Å²) in [4.78, 5) is 24.0. The second-order valence-electron chi connectivity index (χ2n) is 5.91. The minimum Gasteiger partial charge on any atom is -0.352 e. The molecule has 3 rings (SSSR count). The minimum absolute atomic E-state index is 0.0505. The number of ketones is 1. The summed E-state index contributed by atoms with van der Waals surface area (Å²) in [5, 5.41) is 6.76. The number of carbonyl (C=O) groups is 2. The Bertz CT molecular complexity index is 756. The first-order valence-electron chi connectivity index (χ1n) is 7.99. The third-order valence-electron chi connectivity index (χ3n) is 4.14. The molecule has 0 atom stereocenters. The summed E-state index contributed by atoms with van der Waals surface area (Å²) in [6.07, 6.45) is 0.384. The molecule has 1 amide bonds. The number of hydrogen-bond acceptors (Lipinski definition) is 3. The molecule has 0 radical (unpaired) electrons. The van der Waals surface area contributed by atoms with E-state index in [4.69, 9.17) is 11.6 Å². The van der Waals surface area contributed by atoms with Gasteiger partial charge >= 0.3 is 0 Å². The highest BCUT2D eigenvalue weighted by Crippen LogP contribution is 2.17. The molecule has 0 saturated carbocycles. The van der Waals surface area contributed by atoms with Crippen LogP contribution in [0.3, 0.4) is 0 Å². The van der Waals surface area contributed by atoms with E-state index in [2.05, 4.69) is 22.8 Å². The summed E-state index contributed by atoms with van der Waals surface area (Å²) in [6, 6.07) is 13.0. The van der Waals surface area contributed by atoms with E-state index in [1.807, 2.05) is 6.07 Å². The van der Waals surface area contributed by atoms with Gasteiger partial charge in [-0.2, -0.15) is 0 Å². The Hall–Kier alpha value is -2.17. The number of rotatable bonds is 6. The van der Waals surface area contributed by atoms with Gasteiger partial charge in [0.2, 0.25) is 5.91 Å². The van der Waals surface area contributed by atoms with Crippen LogP contribution < -0.4 is 10.6 Å². The van der Waals surface area contributed by atoms with E-state index in [9.17, 15) is 9.59 Å². The summed E-state index contributed by atoms with van der Waals surface area (Å²) in [5.74, 6) is -0.165. The molecule has 0 unspecified atom stereocenters. The zero-order valence-corrected chi connectivity index (χ0v) is 14.0. The van der Waals surface area contributed by atoms with Crippen LogP contribution in [0.1, 0.15) is 39.9 Å². The molecular weight excluding hydrogens is 324 g/mol. The van der Waals surface area contributed by atoms with E-state index in [1.54, 1.807) is 24.3 Å². The number of hydrogen-bond donors (Lipinski definition) is 2. The number of fused-ring (bicyclic) bond motifs is 1. The summed E-state index contributed by atoms with van der Waals surface area (Å²) in [6.45, 7) is 2.28. The molecule has 5 heteroatoms. The Morgan fingerprint density at radius 2 is 1.75 bits per heavy atom. The van der Waals surface area contributed by atoms with E-state index in [0.29, 0.717) is 17.1 Å². The molecule has 1 aliphatic heterocycles. The molecular formula is C19H19ClN2O2. The molecule has 0 fully saturated rings. The Morgan fingerprint density at radius 1 is 1.00 bits per heavy atom. The molecule has 1 heterocycles. The zero-order valence-electron chi connectivity index (χ0n) is 13.3.